The molecular weight excluding hydrogens is 293 g/mol. The van der Waals surface area contributed by atoms with Gasteiger partial charge in [0.1, 0.15) is 5.82 Å². The smallest absolute Gasteiger partial charge is 0.328 e. The van der Waals surface area contributed by atoms with Crippen LogP contribution >= 0.6 is 11.6 Å². The van der Waals surface area contributed by atoms with Crippen LogP contribution in [0.5, 0.6) is 0 Å². The van der Waals surface area contributed by atoms with E-state index in [2.05, 4.69) is 4.98 Å². The van der Waals surface area contributed by atoms with Gasteiger partial charge in [0.15, 0.2) is 0 Å². The fraction of sp³-hybridized carbons (Fsp3) is 0.385. The predicted octanol–water partition coefficient (Wildman–Crippen LogP) is 3.77. The van der Waals surface area contributed by atoms with E-state index < -0.39 is 18.4 Å². The molecule has 0 spiro atoms. The number of nitrogens with zero attached hydrogens (tertiary/aromatic N) is 2. The Morgan fingerprint density at radius 2 is 2.10 bits per heavy atom. The second-order valence-electron chi connectivity index (χ2n) is 4.41. The number of ketones is 1. The molecule has 0 aliphatic heterocycles. The van der Waals surface area contributed by atoms with Gasteiger partial charge in [0.2, 0.25) is 5.78 Å². The van der Waals surface area contributed by atoms with E-state index in [1.807, 2.05) is 6.92 Å². The number of imidazole rings is 1. The summed E-state index contributed by atoms with van der Waals surface area (Å²) in [7, 11) is 0. The van der Waals surface area contributed by atoms with Crippen LogP contribution in [0.15, 0.2) is 18.2 Å². The number of Topliss-reactive ketones (excluding diaryl/α,β-unsaturated/α-hetero) is 1. The van der Waals surface area contributed by atoms with Gasteiger partial charge in [-0.3, -0.25) is 4.79 Å². The van der Waals surface area contributed by atoms with Crippen LogP contribution in [-0.4, -0.2) is 21.5 Å². The number of hydrogen-bond acceptors (Lipinski definition) is 2. The minimum atomic E-state index is -4.84. The van der Waals surface area contributed by atoms with Gasteiger partial charge in [0.05, 0.1) is 17.5 Å². The molecule has 20 heavy (non-hydrogen) atoms. The average molecular weight is 305 g/mol. The Morgan fingerprint density at radius 3 is 2.70 bits per heavy atom. The number of aromatic nitrogens is 2. The summed E-state index contributed by atoms with van der Waals surface area (Å²) in [5.74, 6) is -1.68. The molecule has 0 amide bonds. The molecule has 3 nitrogen and oxygen atoms in total. The fourth-order valence-corrected chi connectivity index (χ4v) is 2.16. The van der Waals surface area contributed by atoms with Gasteiger partial charge < -0.3 is 4.57 Å². The molecule has 0 unspecified atom stereocenters. The summed E-state index contributed by atoms with van der Waals surface area (Å²) >= 11 is 5.89. The maximum absolute atomic E-state index is 12.4. The third-order valence-electron chi connectivity index (χ3n) is 2.87. The van der Waals surface area contributed by atoms with Crippen LogP contribution in [0, 0.1) is 0 Å². The van der Waals surface area contributed by atoms with Gasteiger partial charge in [0.25, 0.3) is 0 Å². The Bertz CT molecular complexity index is 649. The van der Waals surface area contributed by atoms with Crippen LogP contribution in [0.4, 0.5) is 13.2 Å². The van der Waals surface area contributed by atoms with E-state index in [0.717, 1.165) is 0 Å². The maximum atomic E-state index is 12.4. The largest absolute Gasteiger partial charge is 0.450 e. The normalized spacial score (nSPS) is 12.1. The monoisotopic (exact) mass is 304 g/mol. The Hall–Kier alpha value is -1.56. The molecule has 0 radical (unpaired) electrons. The number of carbonyl (C=O) groups is 1. The first-order chi connectivity index (χ1) is 9.32. The highest BCUT2D eigenvalue weighted by atomic mass is 35.5. The molecule has 0 N–H and O–H groups in total. The van der Waals surface area contributed by atoms with Gasteiger partial charge in [0, 0.05) is 11.6 Å². The lowest BCUT2D eigenvalue weighted by molar-refractivity contribution is -0.170. The van der Waals surface area contributed by atoms with Crippen molar-refractivity contribution in [2.45, 2.75) is 32.5 Å². The molecule has 0 saturated heterocycles. The summed E-state index contributed by atoms with van der Waals surface area (Å²) in [5.41, 5.74) is 1.18. The molecule has 0 aliphatic carbocycles. The second kappa shape index (κ2) is 5.44. The molecule has 0 aliphatic rings. The molecule has 7 heteroatoms. The van der Waals surface area contributed by atoms with Gasteiger partial charge in [-0.15, -0.1) is 0 Å². The van der Waals surface area contributed by atoms with Gasteiger partial charge in [-0.2, -0.15) is 13.2 Å². The van der Waals surface area contributed by atoms with Crippen LogP contribution in [0.2, 0.25) is 5.02 Å². The van der Waals surface area contributed by atoms with Crippen molar-refractivity contribution in [3.8, 4) is 0 Å². The minimum absolute atomic E-state index is 0.117. The Morgan fingerprint density at radius 1 is 1.40 bits per heavy atom. The molecule has 0 atom stereocenters. The molecule has 0 bridgehead atoms. The van der Waals surface area contributed by atoms with Crippen molar-refractivity contribution in [3.05, 3.63) is 29.0 Å². The highest BCUT2D eigenvalue weighted by Crippen LogP contribution is 2.24. The van der Waals surface area contributed by atoms with E-state index in [1.54, 1.807) is 22.8 Å². The zero-order chi connectivity index (χ0) is 14.9. The summed E-state index contributed by atoms with van der Waals surface area (Å²) in [5, 5.41) is 0.475. The minimum Gasteiger partial charge on any atom is -0.328 e. The second-order valence-corrected chi connectivity index (χ2v) is 4.85. The lowest BCUT2D eigenvalue weighted by atomic mass is 10.2. The van der Waals surface area contributed by atoms with Crippen LogP contribution < -0.4 is 0 Å². The average Bonchev–Trinajstić information content (AvgIpc) is 2.67. The molecule has 1 aromatic heterocycles. The van der Waals surface area contributed by atoms with Crippen molar-refractivity contribution in [2.75, 3.05) is 0 Å². The summed E-state index contributed by atoms with van der Waals surface area (Å²) in [4.78, 5) is 15.2. The lowest BCUT2D eigenvalue weighted by Gasteiger charge is -2.08. The number of rotatable bonds is 4. The molecule has 0 saturated carbocycles. The number of benzene rings is 1. The van der Waals surface area contributed by atoms with E-state index in [9.17, 15) is 18.0 Å². The van der Waals surface area contributed by atoms with Crippen molar-refractivity contribution in [2.24, 2.45) is 0 Å². The van der Waals surface area contributed by atoms with E-state index in [4.69, 9.17) is 11.6 Å². The molecule has 1 heterocycles. The molecule has 2 rings (SSSR count). The first-order valence-corrected chi connectivity index (χ1v) is 6.45. The van der Waals surface area contributed by atoms with Crippen molar-refractivity contribution in [1.82, 2.24) is 9.55 Å². The van der Waals surface area contributed by atoms with Crippen LogP contribution in [0.3, 0.4) is 0 Å². The summed E-state index contributed by atoms with van der Waals surface area (Å²) < 4.78 is 38.7. The quantitative estimate of drug-likeness (QED) is 0.861. The van der Waals surface area contributed by atoms with E-state index in [-0.39, 0.29) is 5.82 Å². The first kappa shape index (κ1) is 14.8. The number of hydrogen-bond donors (Lipinski definition) is 0. The van der Waals surface area contributed by atoms with Gasteiger partial charge in [-0.05, 0) is 24.6 Å². The Kier molecular flexibility index (Phi) is 4.04. The summed E-state index contributed by atoms with van der Waals surface area (Å²) in [6.07, 6.45) is -4.88. The van der Waals surface area contributed by atoms with Crippen molar-refractivity contribution in [3.63, 3.8) is 0 Å². The van der Waals surface area contributed by atoms with Gasteiger partial charge in [-0.25, -0.2) is 4.98 Å². The van der Waals surface area contributed by atoms with Gasteiger partial charge >= 0.3 is 6.18 Å². The Labute approximate surface area is 118 Å². The van der Waals surface area contributed by atoms with E-state index in [1.165, 1.54) is 0 Å². The van der Waals surface area contributed by atoms with E-state index in [0.29, 0.717) is 29.0 Å². The third kappa shape index (κ3) is 2.95. The number of fused-ring (bicyclic) bond motifs is 1. The van der Waals surface area contributed by atoms with Crippen LogP contribution in [-0.2, 0) is 17.8 Å². The zero-order valence-corrected chi connectivity index (χ0v) is 11.4. The zero-order valence-electron chi connectivity index (χ0n) is 10.7. The first-order valence-electron chi connectivity index (χ1n) is 6.07. The summed E-state index contributed by atoms with van der Waals surface area (Å²) in [6.45, 7) is 2.38. The Balaban J connectivity index is 2.47. The van der Waals surface area contributed by atoms with Crippen LogP contribution in [0.25, 0.3) is 11.0 Å². The van der Waals surface area contributed by atoms with E-state index >= 15 is 0 Å². The molecule has 108 valence electrons. The molecule has 0 fully saturated rings. The van der Waals surface area contributed by atoms with Crippen molar-refractivity contribution in [1.29, 1.82) is 0 Å². The lowest BCUT2D eigenvalue weighted by Crippen LogP contribution is -2.26. The fourth-order valence-electron chi connectivity index (χ4n) is 2.00. The maximum Gasteiger partial charge on any atom is 0.450 e. The van der Waals surface area contributed by atoms with Crippen molar-refractivity contribution < 1.29 is 18.0 Å². The molecular formula is C13H12ClF3N2O. The third-order valence-corrected chi connectivity index (χ3v) is 3.11. The number of halogens is 4. The predicted molar refractivity (Wildman–Crippen MR) is 69.8 cm³/mol. The highest BCUT2D eigenvalue weighted by molar-refractivity contribution is 6.31. The number of alkyl halides is 3. The molecule has 1 aromatic carbocycles. The molecule has 2 aromatic rings. The topological polar surface area (TPSA) is 34.9 Å². The number of aryl methyl sites for hydroxylation is 1. The van der Waals surface area contributed by atoms with Crippen molar-refractivity contribution >= 4 is 28.4 Å². The van der Waals surface area contributed by atoms with Gasteiger partial charge in [-0.1, -0.05) is 18.5 Å². The summed E-state index contributed by atoms with van der Waals surface area (Å²) in [6, 6.07) is 4.88. The van der Waals surface area contributed by atoms with Crippen LogP contribution in [0.1, 0.15) is 19.2 Å². The highest BCUT2D eigenvalue weighted by Gasteiger charge is 2.38. The number of carbonyl (C=O) groups excluding carboxylic acids is 1. The standard InChI is InChI=1S/C13H12ClF3N2O/c1-2-5-19-10-6-8(14)3-4-9(10)18-12(19)7-11(20)13(15,16)17/h3-4,6H,2,5,7H2,1H3. The SMILES string of the molecule is CCCn1c(CC(=O)C(F)(F)F)nc2ccc(Cl)cc21.